The topological polar surface area (TPSA) is 18.5 Å². The van der Waals surface area contributed by atoms with Gasteiger partial charge in [-0.2, -0.15) is 0 Å². The van der Waals surface area contributed by atoms with Gasteiger partial charge in [0.15, 0.2) is 0 Å². The fraction of sp³-hybridized carbons (Fsp3) is 1.00. The summed E-state index contributed by atoms with van der Waals surface area (Å²) in [7, 11) is 0. The predicted molar refractivity (Wildman–Crippen MR) is 61.1 cm³/mol. The maximum absolute atomic E-state index is 13.1. The lowest BCUT2D eigenvalue weighted by Crippen LogP contribution is -2.55. The molecule has 17 heavy (non-hydrogen) atoms. The number of hydrogen-bond donors (Lipinski definition) is 0. The van der Waals surface area contributed by atoms with Crippen LogP contribution in [0.25, 0.3) is 0 Å². The van der Waals surface area contributed by atoms with Gasteiger partial charge in [-0.1, -0.05) is 20.8 Å². The van der Waals surface area contributed by atoms with E-state index in [1.165, 1.54) is 0 Å². The first kappa shape index (κ1) is 13.2. The fourth-order valence-corrected chi connectivity index (χ4v) is 2.75. The summed E-state index contributed by atoms with van der Waals surface area (Å²) in [6.07, 6.45) is -1.39. The van der Waals surface area contributed by atoms with Crippen LogP contribution >= 0.6 is 0 Å². The van der Waals surface area contributed by atoms with Crippen LogP contribution in [-0.2, 0) is 9.47 Å². The minimum Gasteiger partial charge on any atom is -0.380 e. The highest BCUT2D eigenvalue weighted by Gasteiger charge is 2.52. The average molecular weight is 248 g/mol. The lowest BCUT2D eigenvalue weighted by Gasteiger charge is -2.48. The van der Waals surface area contributed by atoms with Crippen LogP contribution in [0.3, 0.4) is 0 Å². The van der Waals surface area contributed by atoms with Crippen LogP contribution in [0.5, 0.6) is 0 Å². The van der Waals surface area contributed by atoms with Crippen molar-refractivity contribution < 1.29 is 18.3 Å². The van der Waals surface area contributed by atoms with Crippen LogP contribution in [0, 0.1) is 23.2 Å². The smallest absolute Gasteiger partial charge is 0.248 e. The first-order valence-corrected chi connectivity index (χ1v) is 6.45. The van der Waals surface area contributed by atoms with Crippen molar-refractivity contribution in [3.63, 3.8) is 0 Å². The highest BCUT2D eigenvalue weighted by Crippen LogP contribution is 2.45. The number of alkyl halides is 2. The van der Waals surface area contributed by atoms with Gasteiger partial charge in [-0.25, -0.2) is 8.78 Å². The first-order chi connectivity index (χ1) is 7.97. The highest BCUT2D eigenvalue weighted by atomic mass is 19.3. The van der Waals surface area contributed by atoms with Crippen molar-refractivity contribution in [1.82, 2.24) is 0 Å². The van der Waals surface area contributed by atoms with Crippen LogP contribution in [0.15, 0.2) is 0 Å². The highest BCUT2D eigenvalue weighted by molar-refractivity contribution is 4.95. The minimum absolute atomic E-state index is 0.0391. The molecule has 0 aromatic carbocycles. The van der Waals surface area contributed by atoms with E-state index in [1.54, 1.807) is 0 Å². The molecular formula is C13H22F2O2. The zero-order valence-corrected chi connectivity index (χ0v) is 10.8. The summed E-state index contributed by atoms with van der Waals surface area (Å²) in [5, 5.41) is 0. The van der Waals surface area contributed by atoms with E-state index in [2.05, 4.69) is 13.8 Å². The quantitative estimate of drug-likeness (QED) is 0.744. The van der Waals surface area contributed by atoms with Crippen LogP contribution in [0.2, 0.25) is 0 Å². The van der Waals surface area contributed by atoms with E-state index in [1.807, 2.05) is 6.92 Å². The van der Waals surface area contributed by atoms with E-state index in [-0.39, 0.29) is 25.2 Å². The van der Waals surface area contributed by atoms with Crippen molar-refractivity contribution in [2.45, 2.75) is 39.7 Å². The molecular weight excluding hydrogens is 226 g/mol. The monoisotopic (exact) mass is 248 g/mol. The molecule has 4 heteroatoms. The SMILES string of the molecule is CC(C)C1COC1CC(C)C1(C(F)F)COC1. The van der Waals surface area contributed by atoms with E-state index in [9.17, 15) is 8.78 Å². The van der Waals surface area contributed by atoms with Crippen LogP contribution in [-0.4, -0.2) is 32.4 Å². The second kappa shape index (κ2) is 4.81. The van der Waals surface area contributed by atoms with Crippen molar-refractivity contribution in [2.24, 2.45) is 23.2 Å². The Bertz CT molecular complexity index is 264. The molecule has 0 N–H and O–H groups in total. The molecule has 2 rings (SSSR count). The van der Waals surface area contributed by atoms with Crippen molar-refractivity contribution in [3.8, 4) is 0 Å². The summed E-state index contributed by atoms with van der Waals surface area (Å²) in [6, 6.07) is 0. The summed E-state index contributed by atoms with van der Waals surface area (Å²) in [4.78, 5) is 0. The van der Waals surface area contributed by atoms with E-state index in [4.69, 9.17) is 9.47 Å². The molecule has 0 spiro atoms. The number of hydrogen-bond acceptors (Lipinski definition) is 2. The standard InChI is InChI=1S/C13H22F2O2/c1-8(2)10-5-17-11(10)4-9(3)13(12(14)15)6-16-7-13/h8-12H,4-7H2,1-3H3. The summed E-state index contributed by atoms with van der Waals surface area (Å²) in [6.45, 7) is 7.43. The maximum Gasteiger partial charge on any atom is 0.248 e. The lowest BCUT2D eigenvalue weighted by atomic mass is 9.70. The Morgan fingerprint density at radius 3 is 2.18 bits per heavy atom. The van der Waals surface area contributed by atoms with E-state index in [0.29, 0.717) is 11.8 Å². The lowest BCUT2D eigenvalue weighted by molar-refractivity contribution is -0.226. The van der Waals surface area contributed by atoms with Gasteiger partial charge in [-0.05, 0) is 18.3 Å². The third-order valence-corrected chi connectivity index (χ3v) is 4.58. The molecule has 2 nitrogen and oxygen atoms in total. The largest absolute Gasteiger partial charge is 0.380 e. The molecule has 0 saturated carbocycles. The number of rotatable bonds is 5. The molecule has 2 aliphatic heterocycles. The summed E-state index contributed by atoms with van der Waals surface area (Å²) in [5.41, 5.74) is -0.916. The third kappa shape index (κ3) is 2.22. The number of ether oxygens (including phenoxy) is 2. The summed E-state index contributed by atoms with van der Waals surface area (Å²) < 4.78 is 36.7. The van der Waals surface area contributed by atoms with E-state index < -0.39 is 11.8 Å². The Morgan fingerprint density at radius 1 is 1.24 bits per heavy atom. The molecule has 0 radical (unpaired) electrons. The first-order valence-electron chi connectivity index (χ1n) is 6.45. The molecule has 2 aliphatic rings. The van der Waals surface area contributed by atoms with Crippen molar-refractivity contribution in [1.29, 1.82) is 0 Å². The maximum atomic E-state index is 13.1. The molecule has 0 amide bonds. The fourth-order valence-electron chi connectivity index (χ4n) is 2.75. The van der Waals surface area contributed by atoms with Crippen molar-refractivity contribution in [2.75, 3.05) is 19.8 Å². The Morgan fingerprint density at radius 2 is 1.88 bits per heavy atom. The molecule has 0 aliphatic carbocycles. The van der Waals surface area contributed by atoms with Gasteiger partial charge in [0.2, 0.25) is 6.43 Å². The predicted octanol–water partition coefficient (Wildman–Crippen LogP) is 2.97. The molecule has 0 bridgehead atoms. The molecule has 0 aromatic rings. The van der Waals surface area contributed by atoms with Gasteiger partial charge in [-0.15, -0.1) is 0 Å². The molecule has 2 heterocycles. The molecule has 2 fully saturated rings. The van der Waals surface area contributed by atoms with Crippen molar-refractivity contribution >= 4 is 0 Å². The Labute approximate surface area is 102 Å². The van der Waals surface area contributed by atoms with Gasteiger partial charge in [0.1, 0.15) is 0 Å². The molecule has 3 atom stereocenters. The third-order valence-electron chi connectivity index (χ3n) is 4.58. The van der Waals surface area contributed by atoms with Crippen LogP contribution in [0.4, 0.5) is 8.78 Å². The average Bonchev–Trinajstić information content (AvgIpc) is 2.08. The molecule has 3 unspecified atom stereocenters. The van der Waals surface area contributed by atoms with Gasteiger partial charge in [0, 0.05) is 5.92 Å². The van der Waals surface area contributed by atoms with Gasteiger partial charge in [-0.3, -0.25) is 0 Å². The van der Waals surface area contributed by atoms with E-state index >= 15 is 0 Å². The second-order valence-electron chi connectivity index (χ2n) is 5.94. The molecule has 100 valence electrons. The normalized spacial score (nSPS) is 33.4. The van der Waals surface area contributed by atoms with E-state index in [0.717, 1.165) is 13.0 Å². The zero-order chi connectivity index (χ0) is 12.6. The van der Waals surface area contributed by atoms with Crippen LogP contribution in [0.1, 0.15) is 27.2 Å². The second-order valence-corrected chi connectivity index (χ2v) is 5.94. The minimum atomic E-state index is -2.29. The van der Waals surface area contributed by atoms with Gasteiger partial charge < -0.3 is 9.47 Å². The summed E-state index contributed by atoms with van der Waals surface area (Å²) in [5.74, 6) is 1.07. The Balaban J connectivity index is 1.90. The summed E-state index contributed by atoms with van der Waals surface area (Å²) >= 11 is 0. The Kier molecular flexibility index (Phi) is 3.74. The number of halogens is 2. The van der Waals surface area contributed by atoms with Gasteiger partial charge >= 0.3 is 0 Å². The molecule has 0 aromatic heterocycles. The zero-order valence-electron chi connectivity index (χ0n) is 10.8. The molecule has 2 saturated heterocycles. The Hall–Kier alpha value is -0.220. The van der Waals surface area contributed by atoms with Gasteiger partial charge in [0.05, 0.1) is 31.3 Å². The van der Waals surface area contributed by atoms with Gasteiger partial charge in [0.25, 0.3) is 0 Å². The van der Waals surface area contributed by atoms with Crippen molar-refractivity contribution in [3.05, 3.63) is 0 Å². The van der Waals surface area contributed by atoms with Crippen LogP contribution < -0.4 is 0 Å².